The molecule has 0 aromatic carbocycles. The Hall–Kier alpha value is -0.330. The van der Waals surface area contributed by atoms with Crippen molar-refractivity contribution in [2.45, 2.75) is 53.0 Å². The van der Waals surface area contributed by atoms with Gasteiger partial charge in [0, 0.05) is 11.1 Å². The zero-order valence-electron chi connectivity index (χ0n) is 8.36. The van der Waals surface area contributed by atoms with Gasteiger partial charge in [-0.1, -0.05) is 13.8 Å². The van der Waals surface area contributed by atoms with Crippen molar-refractivity contribution in [1.29, 1.82) is 0 Å². The van der Waals surface area contributed by atoms with Crippen LogP contribution in [0.1, 0.15) is 47.5 Å². The van der Waals surface area contributed by atoms with Gasteiger partial charge in [-0.15, -0.1) is 0 Å². The predicted octanol–water partition coefficient (Wildman–Crippen LogP) is 3.05. The second-order valence-corrected chi connectivity index (χ2v) is 4.89. The molecule has 0 amide bonds. The molecule has 11 heavy (non-hydrogen) atoms. The lowest BCUT2D eigenvalue weighted by Gasteiger charge is -2.36. The van der Waals surface area contributed by atoms with E-state index >= 15 is 0 Å². The van der Waals surface area contributed by atoms with Crippen molar-refractivity contribution < 1.29 is 0 Å². The maximum Gasteiger partial charge on any atom is 0.0551 e. The summed E-state index contributed by atoms with van der Waals surface area (Å²) < 4.78 is 0. The van der Waals surface area contributed by atoms with Crippen LogP contribution >= 0.6 is 0 Å². The van der Waals surface area contributed by atoms with Crippen LogP contribution in [-0.4, -0.2) is 11.3 Å². The average molecular weight is 153 g/mol. The minimum atomic E-state index is 0.194. The van der Waals surface area contributed by atoms with E-state index < -0.39 is 0 Å². The SMILES string of the molecule is CC1=NC(C)(C)CCC1(C)C. The Kier molecular flexibility index (Phi) is 1.85. The smallest absolute Gasteiger partial charge is 0.0551 e. The van der Waals surface area contributed by atoms with E-state index in [0.29, 0.717) is 5.41 Å². The molecule has 0 saturated heterocycles. The Morgan fingerprint density at radius 1 is 1.09 bits per heavy atom. The standard InChI is InChI=1S/C10H19N/c1-8-9(2,3)6-7-10(4,5)11-8/h6-7H2,1-5H3. The Labute approximate surface area is 69.9 Å². The van der Waals surface area contributed by atoms with Gasteiger partial charge < -0.3 is 0 Å². The van der Waals surface area contributed by atoms with Gasteiger partial charge in [-0.2, -0.15) is 0 Å². The second-order valence-electron chi connectivity index (χ2n) is 4.89. The number of nitrogens with zero attached hydrogens (tertiary/aromatic N) is 1. The molecule has 0 N–H and O–H groups in total. The van der Waals surface area contributed by atoms with Crippen molar-refractivity contribution in [1.82, 2.24) is 0 Å². The fourth-order valence-corrected chi connectivity index (χ4v) is 1.46. The topological polar surface area (TPSA) is 12.4 Å². The summed E-state index contributed by atoms with van der Waals surface area (Å²) in [5.41, 5.74) is 1.85. The molecule has 1 heterocycles. The molecule has 0 aliphatic carbocycles. The van der Waals surface area contributed by atoms with Crippen LogP contribution in [0, 0.1) is 5.41 Å². The molecule has 1 rings (SSSR count). The lowest BCUT2D eigenvalue weighted by molar-refractivity contribution is 0.338. The highest BCUT2D eigenvalue weighted by molar-refractivity contribution is 5.88. The first-order chi connectivity index (χ1) is 4.83. The van der Waals surface area contributed by atoms with Gasteiger partial charge in [-0.3, -0.25) is 4.99 Å². The summed E-state index contributed by atoms with van der Waals surface area (Å²) in [6, 6.07) is 0. The molecule has 0 aromatic rings. The van der Waals surface area contributed by atoms with E-state index in [-0.39, 0.29) is 5.54 Å². The number of aliphatic imine (C=N–C) groups is 1. The van der Waals surface area contributed by atoms with Gasteiger partial charge in [0.1, 0.15) is 0 Å². The van der Waals surface area contributed by atoms with Crippen LogP contribution in [0.2, 0.25) is 0 Å². The fraction of sp³-hybridized carbons (Fsp3) is 0.900. The summed E-state index contributed by atoms with van der Waals surface area (Å²) in [4.78, 5) is 4.68. The number of hydrogen-bond donors (Lipinski definition) is 0. The Balaban J connectivity index is 2.89. The Morgan fingerprint density at radius 3 is 2.00 bits per heavy atom. The molecule has 1 aliphatic heterocycles. The van der Waals surface area contributed by atoms with E-state index in [1.807, 2.05) is 0 Å². The summed E-state index contributed by atoms with van der Waals surface area (Å²) in [6.45, 7) is 11.1. The van der Waals surface area contributed by atoms with Crippen LogP contribution in [0.25, 0.3) is 0 Å². The summed E-state index contributed by atoms with van der Waals surface area (Å²) in [7, 11) is 0. The van der Waals surface area contributed by atoms with Crippen molar-refractivity contribution in [3.05, 3.63) is 0 Å². The first-order valence-corrected chi connectivity index (χ1v) is 4.40. The summed E-state index contributed by atoms with van der Waals surface area (Å²) in [5, 5.41) is 0. The maximum atomic E-state index is 4.68. The van der Waals surface area contributed by atoms with E-state index in [2.05, 4.69) is 39.6 Å². The maximum absolute atomic E-state index is 4.68. The van der Waals surface area contributed by atoms with Crippen LogP contribution in [0.15, 0.2) is 4.99 Å². The molecule has 0 bridgehead atoms. The van der Waals surface area contributed by atoms with Gasteiger partial charge in [0.05, 0.1) is 5.54 Å². The van der Waals surface area contributed by atoms with Gasteiger partial charge in [-0.25, -0.2) is 0 Å². The molecule has 0 fully saturated rings. The van der Waals surface area contributed by atoms with Crippen molar-refractivity contribution >= 4 is 5.71 Å². The minimum Gasteiger partial charge on any atom is -0.288 e. The van der Waals surface area contributed by atoms with E-state index in [4.69, 9.17) is 0 Å². The molecule has 0 spiro atoms. The number of hydrogen-bond acceptors (Lipinski definition) is 1. The van der Waals surface area contributed by atoms with Crippen LogP contribution < -0.4 is 0 Å². The third kappa shape index (κ3) is 1.82. The fourth-order valence-electron chi connectivity index (χ4n) is 1.46. The molecule has 64 valence electrons. The molecule has 0 radical (unpaired) electrons. The van der Waals surface area contributed by atoms with Crippen LogP contribution in [-0.2, 0) is 0 Å². The van der Waals surface area contributed by atoms with E-state index in [0.717, 1.165) is 0 Å². The van der Waals surface area contributed by atoms with Crippen molar-refractivity contribution in [3.8, 4) is 0 Å². The third-order valence-electron chi connectivity index (χ3n) is 2.81. The highest BCUT2D eigenvalue weighted by Gasteiger charge is 2.31. The van der Waals surface area contributed by atoms with Crippen molar-refractivity contribution in [2.75, 3.05) is 0 Å². The summed E-state index contributed by atoms with van der Waals surface area (Å²) >= 11 is 0. The lowest BCUT2D eigenvalue weighted by Crippen LogP contribution is -2.34. The van der Waals surface area contributed by atoms with Crippen LogP contribution in [0.5, 0.6) is 0 Å². The molecular formula is C10H19N. The first kappa shape index (κ1) is 8.76. The number of rotatable bonds is 0. The van der Waals surface area contributed by atoms with Gasteiger partial charge in [-0.05, 0) is 33.6 Å². The Bertz CT molecular complexity index is 187. The molecule has 0 unspecified atom stereocenters. The van der Waals surface area contributed by atoms with Gasteiger partial charge >= 0.3 is 0 Å². The van der Waals surface area contributed by atoms with Gasteiger partial charge in [0.15, 0.2) is 0 Å². The monoisotopic (exact) mass is 153 g/mol. The highest BCUT2D eigenvalue weighted by atomic mass is 14.9. The summed E-state index contributed by atoms with van der Waals surface area (Å²) in [6.07, 6.45) is 2.49. The van der Waals surface area contributed by atoms with Crippen LogP contribution in [0.4, 0.5) is 0 Å². The normalized spacial score (nSPS) is 27.9. The zero-order chi connectivity index (χ0) is 8.70. The second kappa shape index (κ2) is 2.33. The quantitative estimate of drug-likeness (QED) is 0.507. The molecule has 1 aliphatic rings. The zero-order valence-corrected chi connectivity index (χ0v) is 8.36. The largest absolute Gasteiger partial charge is 0.288 e. The molecule has 0 saturated carbocycles. The van der Waals surface area contributed by atoms with Gasteiger partial charge in [0.25, 0.3) is 0 Å². The van der Waals surface area contributed by atoms with E-state index in [9.17, 15) is 0 Å². The Morgan fingerprint density at radius 2 is 1.64 bits per heavy atom. The van der Waals surface area contributed by atoms with E-state index in [1.54, 1.807) is 0 Å². The third-order valence-corrected chi connectivity index (χ3v) is 2.81. The first-order valence-electron chi connectivity index (χ1n) is 4.40. The predicted molar refractivity (Wildman–Crippen MR) is 50.2 cm³/mol. The van der Waals surface area contributed by atoms with Crippen LogP contribution in [0.3, 0.4) is 0 Å². The molecule has 1 heteroatoms. The summed E-state index contributed by atoms with van der Waals surface area (Å²) in [5.74, 6) is 0. The van der Waals surface area contributed by atoms with Crippen molar-refractivity contribution in [2.24, 2.45) is 10.4 Å². The molecular weight excluding hydrogens is 134 g/mol. The highest BCUT2D eigenvalue weighted by Crippen LogP contribution is 2.35. The van der Waals surface area contributed by atoms with Gasteiger partial charge in [0.2, 0.25) is 0 Å². The lowest BCUT2D eigenvalue weighted by atomic mass is 9.76. The average Bonchev–Trinajstić information content (AvgIpc) is 1.81. The molecule has 0 aromatic heterocycles. The molecule has 1 nitrogen and oxygen atoms in total. The minimum absolute atomic E-state index is 0.194. The van der Waals surface area contributed by atoms with E-state index in [1.165, 1.54) is 18.6 Å². The molecule has 0 atom stereocenters. The van der Waals surface area contributed by atoms with Crippen molar-refractivity contribution in [3.63, 3.8) is 0 Å².